The fourth-order valence-electron chi connectivity index (χ4n) is 3.09. The van der Waals surface area contributed by atoms with Crippen LogP contribution in [0.15, 0.2) is 42.5 Å². The third-order valence-corrected chi connectivity index (χ3v) is 4.83. The topological polar surface area (TPSA) is 52.7 Å². The number of rotatable bonds is 4. The third-order valence-electron chi connectivity index (χ3n) is 4.83. The Labute approximate surface area is 160 Å². The normalized spacial score (nSPS) is 15.9. The molecule has 3 rings (SSSR count). The highest BCUT2D eigenvalue weighted by Crippen LogP contribution is 2.16. The summed E-state index contributed by atoms with van der Waals surface area (Å²) in [7, 11) is 0. The van der Waals surface area contributed by atoms with Gasteiger partial charge in [-0.05, 0) is 37.3 Å². The summed E-state index contributed by atoms with van der Waals surface area (Å²) in [5.41, 5.74) is 0.198. The minimum atomic E-state index is -1.07. The second-order valence-electron chi connectivity index (χ2n) is 6.60. The van der Waals surface area contributed by atoms with Gasteiger partial charge >= 0.3 is 0 Å². The number of hydrogen-bond donors (Lipinski definition) is 1. The number of amides is 2. The Morgan fingerprint density at radius 1 is 0.929 bits per heavy atom. The Morgan fingerprint density at radius 3 is 2.25 bits per heavy atom. The molecule has 1 aliphatic heterocycles. The molecule has 0 spiro atoms. The van der Waals surface area contributed by atoms with Crippen molar-refractivity contribution in [2.45, 2.75) is 13.0 Å². The maximum atomic E-state index is 13.7. The molecule has 0 radical (unpaired) electrons. The van der Waals surface area contributed by atoms with Gasteiger partial charge in [0.25, 0.3) is 5.91 Å². The smallest absolute Gasteiger partial charge is 0.254 e. The Hall–Kier alpha value is -2.87. The summed E-state index contributed by atoms with van der Waals surface area (Å²) in [6.07, 6.45) is 0. The highest BCUT2D eigenvalue weighted by Gasteiger charge is 2.28. The quantitative estimate of drug-likeness (QED) is 0.872. The Balaban J connectivity index is 1.57. The zero-order valence-electron chi connectivity index (χ0n) is 15.3. The molecule has 1 atom stereocenters. The lowest BCUT2D eigenvalue weighted by molar-refractivity contribution is -0.121. The number of nitrogens with zero attached hydrogens (tertiary/aromatic N) is 2. The first-order chi connectivity index (χ1) is 13.4. The number of hydrogen-bond acceptors (Lipinski definition) is 3. The Kier molecular flexibility index (Phi) is 5.99. The van der Waals surface area contributed by atoms with Crippen LogP contribution in [0.2, 0.25) is 0 Å². The molecule has 1 aliphatic rings. The maximum absolute atomic E-state index is 13.7. The Bertz CT molecular complexity index is 883. The van der Waals surface area contributed by atoms with Crippen molar-refractivity contribution in [1.29, 1.82) is 0 Å². The molecule has 2 aromatic rings. The largest absolute Gasteiger partial charge is 0.336 e. The van der Waals surface area contributed by atoms with Crippen LogP contribution in [0.1, 0.15) is 17.3 Å². The number of carbonyl (C=O) groups excluding carboxylic acids is 2. The molecule has 1 unspecified atom stereocenters. The van der Waals surface area contributed by atoms with Crippen molar-refractivity contribution in [1.82, 2.24) is 9.80 Å². The number of para-hydroxylation sites is 1. The van der Waals surface area contributed by atoms with E-state index in [2.05, 4.69) is 5.32 Å². The predicted molar refractivity (Wildman–Crippen MR) is 98.3 cm³/mol. The van der Waals surface area contributed by atoms with E-state index in [1.807, 2.05) is 4.90 Å². The van der Waals surface area contributed by atoms with E-state index in [9.17, 15) is 22.8 Å². The second kappa shape index (κ2) is 8.43. The average Bonchev–Trinajstić information content (AvgIpc) is 2.70. The number of nitrogens with one attached hydrogen (secondary N) is 1. The molecule has 1 saturated heterocycles. The van der Waals surface area contributed by atoms with Crippen LogP contribution in [0.4, 0.5) is 18.9 Å². The standard InChI is InChI=1S/C20H20F3N3O2/c1-13(19(27)24-18-5-3-2-4-16(18)22)25-8-10-26(11-9-25)20(28)14-6-7-15(21)17(23)12-14/h2-7,12-13H,8-11H2,1H3,(H,24,27). The van der Waals surface area contributed by atoms with Crippen molar-refractivity contribution in [3.63, 3.8) is 0 Å². The molecule has 0 aromatic heterocycles. The van der Waals surface area contributed by atoms with E-state index in [0.29, 0.717) is 26.2 Å². The molecule has 0 saturated carbocycles. The van der Waals surface area contributed by atoms with Crippen molar-refractivity contribution >= 4 is 17.5 Å². The first-order valence-corrected chi connectivity index (χ1v) is 8.90. The molecule has 0 aliphatic carbocycles. The molecule has 1 fully saturated rings. The third kappa shape index (κ3) is 4.33. The van der Waals surface area contributed by atoms with Crippen molar-refractivity contribution in [3.8, 4) is 0 Å². The van der Waals surface area contributed by atoms with Gasteiger partial charge in [0, 0.05) is 31.7 Å². The average molecular weight is 391 g/mol. The van der Waals surface area contributed by atoms with Gasteiger partial charge in [-0.25, -0.2) is 13.2 Å². The van der Waals surface area contributed by atoms with Crippen LogP contribution in [0, 0.1) is 17.5 Å². The fourth-order valence-corrected chi connectivity index (χ4v) is 3.09. The van der Waals surface area contributed by atoms with E-state index in [0.717, 1.165) is 12.1 Å². The van der Waals surface area contributed by atoms with Crippen LogP contribution in [0.25, 0.3) is 0 Å². The van der Waals surface area contributed by atoms with Crippen molar-refractivity contribution in [2.24, 2.45) is 0 Å². The lowest BCUT2D eigenvalue weighted by Gasteiger charge is -2.37. The van der Waals surface area contributed by atoms with Crippen LogP contribution >= 0.6 is 0 Å². The highest BCUT2D eigenvalue weighted by molar-refractivity contribution is 5.95. The number of carbonyl (C=O) groups is 2. The van der Waals surface area contributed by atoms with E-state index in [1.54, 1.807) is 13.0 Å². The lowest BCUT2D eigenvalue weighted by Crippen LogP contribution is -2.54. The summed E-state index contributed by atoms with van der Waals surface area (Å²) >= 11 is 0. The summed E-state index contributed by atoms with van der Waals surface area (Å²) in [6.45, 7) is 3.26. The number of benzene rings is 2. The number of piperazine rings is 1. The second-order valence-corrected chi connectivity index (χ2v) is 6.60. The maximum Gasteiger partial charge on any atom is 0.254 e. The summed E-state index contributed by atoms with van der Waals surface area (Å²) in [4.78, 5) is 28.3. The van der Waals surface area contributed by atoms with Gasteiger partial charge in [0.2, 0.25) is 5.91 Å². The molecule has 1 heterocycles. The molecule has 0 bridgehead atoms. The van der Waals surface area contributed by atoms with E-state index < -0.39 is 23.5 Å². The SMILES string of the molecule is CC(C(=O)Nc1ccccc1F)N1CCN(C(=O)c2ccc(F)c(F)c2)CC1. The molecule has 148 valence electrons. The van der Waals surface area contributed by atoms with E-state index >= 15 is 0 Å². The Morgan fingerprint density at radius 2 is 1.61 bits per heavy atom. The first kappa shape index (κ1) is 19.9. The van der Waals surface area contributed by atoms with Gasteiger partial charge in [0.15, 0.2) is 11.6 Å². The van der Waals surface area contributed by atoms with Gasteiger partial charge in [-0.2, -0.15) is 0 Å². The number of anilines is 1. The molecule has 2 amide bonds. The first-order valence-electron chi connectivity index (χ1n) is 8.90. The van der Waals surface area contributed by atoms with Gasteiger partial charge in [0.05, 0.1) is 11.7 Å². The summed E-state index contributed by atoms with van der Waals surface area (Å²) in [5, 5.41) is 2.57. The predicted octanol–water partition coefficient (Wildman–Crippen LogP) is 2.89. The van der Waals surface area contributed by atoms with Crippen LogP contribution < -0.4 is 5.32 Å². The van der Waals surface area contributed by atoms with Crippen LogP contribution in [-0.4, -0.2) is 53.8 Å². The van der Waals surface area contributed by atoms with Gasteiger partial charge in [-0.1, -0.05) is 12.1 Å². The van der Waals surface area contributed by atoms with E-state index in [4.69, 9.17) is 0 Å². The molecule has 28 heavy (non-hydrogen) atoms. The molecule has 8 heteroatoms. The van der Waals surface area contributed by atoms with Gasteiger partial charge < -0.3 is 10.2 Å². The van der Waals surface area contributed by atoms with Crippen molar-refractivity contribution < 1.29 is 22.8 Å². The highest BCUT2D eigenvalue weighted by atomic mass is 19.2. The zero-order chi connectivity index (χ0) is 20.3. The number of halogens is 3. The summed E-state index contributed by atoms with van der Waals surface area (Å²) in [6, 6.07) is 8.46. The van der Waals surface area contributed by atoms with E-state index in [-0.39, 0.29) is 23.1 Å². The van der Waals surface area contributed by atoms with Gasteiger partial charge in [0.1, 0.15) is 5.82 Å². The van der Waals surface area contributed by atoms with Crippen molar-refractivity contribution in [2.75, 3.05) is 31.5 Å². The van der Waals surface area contributed by atoms with Crippen LogP contribution in [-0.2, 0) is 4.79 Å². The van der Waals surface area contributed by atoms with Crippen LogP contribution in [0.3, 0.4) is 0 Å². The fraction of sp³-hybridized carbons (Fsp3) is 0.300. The monoisotopic (exact) mass is 391 g/mol. The summed E-state index contributed by atoms with van der Waals surface area (Å²) in [5.74, 6) is -3.31. The van der Waals surface area contributed by atoms with Gasteiger partial charge in [-0.3, -0.25) is 14.5 Å². The molecule has 2 aromatic carbocycles. The molecule has 5 nitrogen and oxygen atoms in total. The molecular formula is C20H20F3N3O2. The zero-order valence-corrected chi connectivity index (χ0v) is 15.3. The lowest BCUT2D eigenvalue weighted by atomic mass is 10.1. The molecule has 1 N–H and O–H groups in total. The molecular weight excluding hydrogens is 371 g/mol. The van der Waals surface area contributed by atoms with Crippen LogP contribution in [0.5, 0.6) is 0 Å². The van der Waals surface area contributed by atoms with Crippen molar-refractivity contribution in [3.05, 3.63) is 65.5 Å². The van der Waals surface area contributed by atoms with Gasteiger partial charge in [-0.15, -0.1) is 0 Å². The van der Waals surface area contributed by atoms with E-state index in [1.165, 1.54) is 29.2 Å². The minimum absolute atomic E-state index is 0.0812. The summed E-state index contributed by atoms with van der Waals surface area (Å²) < 4.78 is 40.1. The minimum Gasteiger partial charge on any atom is -0.336 e.